The van der Waals surface area contributed by atoms with E-state index >= 15 is 0 Å². The summed E-state index contributed by atoms with van der Waals surface area (Å²) in [5.74, 6) is 0.0391. The minimum atomic E-state index is 0.0391. The van der Waals surface area contributed by atoms with Crippen LogP contribution in [0.3, 0.4) is 0 Å². The average Bonchev–Trinajstić information content (AvgIpc) is 3.77. The van der Waals surface area contributed by atoms with Crippen molar-refractivity contribution in [2.75, 3.05) is 0 Å². The predicted molar refractivity (Wildman–Crippen MR) is 179 cm³/mol. The maximum atomic E-state index is 4.66. The Morgan fingerprint density at radius 1 is 0.395 bits per heavy atom. The molecule has 3 heterocycles. The minimum absolute atomic E-state index is 0.0391. The Kier molecular flexibility index (Phi) is 8.09. The van der Waals surface area contributed by atoms with Gasteiger partial charge in [0.05, 0.1) is 52.8 Å². The van der Waals surface area contributed by atoms with Gasteiger partial charge in [-0.05, 0) is 110 Å². The first-order valence-electron chi connectivity index (χ1n) is 14.4. The summed E-state index contributed by atoms with van der Waals surface area (Å²) in [7, 11) is 0. The summed E-state index contributed by atoms with van der Waals surface area (Å²) in [6, 6.07) is 37.6. The number of hydrogen-bond donors (Lipinski definition) is 3. The van der Waals surface area contributed by atoms with E-state index in [0.717, 1.165) is 51.2 Å². The SMILES string of the molecule is Cc1ccc(/C=N/c2ccc(C(c3ccc(/N=C/c4ccc(C)[nH]4)cc3)c3ccc(/N=C/c4ccc(C)[nH]4)cc3)cc2)[nH]1. The van der Waals surface area contributed by atoms with E-state index in [2.05, 4.69) is 103 Å². The van der Waals surface area contributed by atoms with Crippen LogP contribution in [0, 0.1) is 20.8 Å². The fourth-order valence-corrected chi connectivity index (χ4v) is 5.07. The van der Waals surface area contributed by atoms with E-state index in [4.69, 9.17) is 0 Å². The third kappa shape index (κ3) is 7.05. The van der Waals surface area contributed by atoms with Crippen molar-refractivity contribution in [3.8, 4) is 0 Å². The average molecular weight is 563 g/mol. The van der Waals surface area contributed by atoms with E-state index in [1.165, 1.54) is 16.7 Å². The summed E-state index contributed by atoms with van der Waals surface area (Å²) < 4.78 is 0. The molecule has 0 unspecified atom stereocenters. The summed E-state index contributed by atoms with van der Waals surface area (Å²) in [6.07, 6.45) is 5.59. The van der Waals surface area contributed by atoms with Crippen LogP contribution in [-0.4, -0.2) is 33.6 Å². The normalized spacial score (nSPS) is 12.0. The highest BCUT2D eigenvalue weighted by Crippen LogP contribution is 2.34. The standard InChI is InChI=1S/C37H34N6/c1-25-4-13-34(41-25)22-38-31-16-7-28(8-17-31)37(29-9-18-32(19-10-29)39-23-35-14-5-26(2)42-35)30-11-20-33(21-12-30)40-24-36-15-6-27(3)43-36/h4-24,37,41-43H,1-3H3/b38-22+,39-23+,40-24+. The van der Waals surface area contributed by atoms with Crippen LogP contribution >= 0.6 is 0 Å². The van der Waals surface area contributed by atoms with E-state index in [9.17, 15) is 0 Å². The number of aryl methyl sites for hydroxylation is 3. The summed E-state index contributed by atoms with van der Waals surface area (Å²) in [5.41, 5.74) is 12.6. The first-order valence-corrected chi connectivity index (χ1v) is 14.4. The van der Waals surface area contributed by atoms with E-state index in [0.29, 0.717) is 0 Å². The van der Waals surface area contributed by atoms with Crippen molar-refractivity contribution in [3.05, 3.63) is 160 Å². The van der Waals surface area contributed by atoms with Crippen molar-refractivity contribution in [3.63, 3.8) is 0 Å². The molecule has 0 bridgehead atoms. The van der Waals surface area contributed by atoms with Crippen molar-refractivity contribution in [2.45, 2.75) is 26.7 Å². The monoisotopic (exact) mass is 562 g/mol. The Hall–Kier alpha value is -5.49. The minimum Gasteiger partial charge on any atom is -0.358 e. The van der Waals surface area contributed by atoms with Crippen molar-refractivity contribution >= 4 is 35.7 Å². The first kappa shape index (κ1) is 27.7. The Balaban J connectivity index is 1.27. The third-order valence-corrected chi connectivity index (χ3v) is 7.30. The Morgan fingerprint density at radius 2 is 0.674 bits per heavy atom. The molecule has 0 aliphatic carbocycles. The van der Waals surface area contributed by atoms with Crippen molar-refractivity contribution in [1.29, 1.82) is 0 Å². The molecule has 212 valence electrons. The molecule has 0 aliphatic heterocycles. The number of aromatic nitrogens is 3. The molecule has 0 amide bonds. The molecule has 0 fully saturated rings. The van der Waals surface area contributed by atoms with Crippen LogP contribution in [0.15, 0.2) is 124 Å². The Bertz CT molecular complexity index is 1650. The molecule has 3 N–H and O–H groups in total. The molecule has 6 rings (SSSR count). The molecule has 0 saturated heterocycles. The van der Waals surface area contributed by atoms with Crippen molar-refractivity contribution in [1.82, 2.24) is 15.0 Å². The van der Waals surface area contributed by atoms with Gasteiger partial charge in [-0.2, -0.15) is 0 Å². The zero-order chi connectivity index (χ0) is 29.6. The van der Waals surface area contributed by atoms with Gasteiger partial charge in [-0.15, -0.1) is 0 Å². The topological polar surface area (TPSA) is 84.4 Å². The molecule has 0 aliphatic rings. The van der Waals surface area contributed by atoms with Gasteiger partial charge < -0.3 is 15.0 Å². The lowest BCUT2D eigenvalue weighted by Gasteiger charge is -2.19. The van der Waals surface area contributed by atoms with E-state index in [1.54, 1.807) is 0 Å². The lowest BCUT2D eigenvalue weighted by molar-refractivity contribution is 0.977. The smallest absolute Gasteiger partial charge is 0.0630 e. The van der Waals surface area contributed by atoms with Crippen molar-refractivity contribution in [2.24, 2.45) is 15.0 Å². The number of nitrogens with zero attached hydrogens (tertiary/aromatic N) is 3. The van der Waals surface area contributed by atoms with Crippen LogP contribution in [0.4, 0.5) is 17.1 Å². The highest BCUT2D eigenvalue weighted by atomic mass is 14.8. The van der Waals surface area contributed by atoms with Gasteiger partial charge in [-0.3, -0.25) is 15.0 Å². The number of H-pyrrole nitrogens is 3. The van der Waals surface area contributed by atoms with Crippen LogP contribution in [0.5, 0.6) is 0 Å². The molecular weight excluding hydrogens is 528 g/mol. The van der Waals surface area contributed by atoms with E-state index < -0.39 is 0 Å². The second-order valence-corrected chi connectivity index (χ2v) is 10.8. The quantitative estimate of drug-likeness (QED) is 0.116. The Morgan fingerprint density at radius 3 is 0.907 bits per heavy atom. The molecule has 0 saturated carbocycles. The summed E-state index contributed by atoms with van der Waals surface area (Å²) in [5, 5.41) is 0. The van der Waals surface area contributed by atoms with Gasteiger partial charge >= 0.3 is 0 Å². The zero-order valence-electron chi connectivity index (χ0n) is 24.5. The van der Waals surface area contributed by atoms with E-state index in [-0.39, 0.29) is 5.92 Å². The highest BCUT2D eigenvalue weighted by Gasteiger charge is 2.17. The van der Waals surface area contributed by atoms with Gasteiger partial charge in [0.25, 0.3) is 0 Å². The second kappa shape index (κ2) is 12.6. The largest absolute Gasteiger partial charge is 0.358 e. The number of rotatable bonds is 9. The molecule has 0 spiro atoms. The molecule has 0 atom stereocenters. The number of hydrogen-bond acceptors (Lipinski definition) is 3. The van der Waals surface area contributed by atoms with Crippen LogP contribution in [-0.2, 0) is 0 Å². The fourth-order valence-electron chi connectivity index (χ4n) is 5.07. The lowest BCUT2D eigenvalue weighted by Crippen LogP contribution is -2.03. The molecule has 6 heteroatoms. The number of aliphatic imine (C=N–C) groups is 3. The Labute approximate surface area is 252 Å². The number of nitrogens with one attached hydrogen (secondary N) is 3. The summed E-state index contributed by atoms with van der Waals surface area (Å²) >= 11 is 0. The molecule has 6 nitrogen and oxygen atoms in total. The van der Waals surface area contributed by atoms with Gasteiger partial charge in [0.1, 0.15) is 0 Å². The number of benzene rings is 3. The molecule has 0 radical (unpaired) electrons. The van der Waals surface area contributed by atoms with Crippen molar-refractivity contribution < 1.29 is 0 Å². The van der Waals surface area contributed by atoms with Gasteiger partial charge in [-0.1, -0.05) is 36.4 Å². The van der Waals surface area contributed by atoms with Crippen LogP contribution in [0.25, 0.3) is 0 Å². The zero-order valence-corrected chi connectivity index (χ0v) is 24.5. The van der Waals surface area contributed by atoms with Gasteiger partial charge in [-0.25, -0.2) is 0 Å². The van der Waals surface area contributed by atoms with Gasteiger partial charge in [0.2, 0.25) is 0 Å². The molecule has 6 aromatic rings. The summed E-state index contributed by atoms with van der Waals surface area (Å²) in [4.78, 5) is 23.9. The van der Waals surface area contributed by atoms with Crippen LogP contribution in [0.1, 0.15) is 56.8 Å². The second-order valence-electron chi connectivity index (χ2n) is 10.8. The van der Waals surface area contributed by atoms with Crippen LogP contribution in [0.2, 0.25) is 0 Å². The summed E-state index contributed by atoms with van der Waals surface area (Å²) in [6.45, 7) is 6.11. The highest BCUT2D eigenvalue weighted by molar-refractivity contribution is 5.81. The maximum Gasteiger partial charge on any atom is 0.0630 e. The molecule has 3 aromatic heterocycles. The maximum absolute atomic E-state index is 4.66. The van der Waals surface area contributed by atoms with Crippen LogP contribution < -0.4 is 0 Å². The molecular formula is C37H34N6. The first-order chi connectivity index (χ1) is 21.0. The fraction of sp³-hybridized carbons (Fsp3) is 0.108. The lowest BCUT2D eigenvalue weighted by atomic mass is 9.85. The third-order valence-electron chi connectivity index (χ3n) is 7.30. The van der Waals surface area contributed by atoms with E-state index in [1.807, 2.05) is 75.8 Å². The molecule has 43 heavy (non-hydrogen) atoms. The predicted octanol–water partition coefficient (Wildman–Crippen LogP) is 9.03. The van der Waals surface area contributed by atoms with Gasteiger partial charge in [0, 0.05) is 23.0 Å². The molecule has 3 aromatic carbocycles. The van der Waals surface area contributed by atoms with Gasteiger partial charge in [0.15, 0.2) is 0 Å². The number of aromatic amines is 3.